The molecule has 0 saturated carbocycles. The van der Waals surface area contributed by atoms with Crippen molar-refractivity contribution in [1.29, 1.82) is 0 Å². The number of anilines is 1. The van der Waals surface area contributed by atoms with Gasteiger partial charge in [-0.1, -0.05) is 25.8 Å². The number of carbonyl (C=O) groups is 1. The van der Waals surface area contributed by atoms with Gasteiger partial charge in [-0.05, 0) is 43.5 Å². The molecule has 17 heavy (non-hydrogen) atoms. The lowest BCUT2D eigenvalue weighted by Crippen LogP contribution is -2.29. The van der Waals surface area contributed by atoms with E-state index in [1.54, 1.807) is 0 Å². The van der Waals surface area contributed by atoms with Gasteiger partial charge in [-0.15, -0.1) is 0 Å². The third kappa shape index (κ3) is 5.38. The number of amides is 2. The molecule has 3 nitrogen and oxygen atoms in total. The maximum absolute atomic E-state index is 11.6. The van der Waals surface area contributed by atoms with Crippen LogP contribution in [-0.4, -0.2) is 12.6 Å². The molecule has 0 aromatic heterocycles. The summed E-state index contributed by atoms with van der Waals surface area (Å²) in [4.78, 5) is 11.6. The van der Waals surface area contributed by atoms with Crippen molar-refractivity contribution < 1.29 is 4.79 Å². The van der Waals surface area contributed by atoms with Gasteiger partial charge in [0.1, 0.15) is 0 Å². The monoisotopic (exact) mass is 234 g/mol. The van der Waals surface area contributed by atoms with Crippen LogP contribution in [0.5, 0.6) is 0 Å². The fourth-order valence-corrected chi connectivity index (χ4v) is 1.80. The minimum absolute atomic E-state index is 0.119. The summed E-state index contributed by atoms with van der Waals surface area (Å²) in [5, 5.41) is 5.71. The Balaban J connectivity index is 2.39. The minimum Gasteiger partial charge on any atom is -0.338 e. The average Bonchev–Trinajstić information content (AvgIpc) is 2.23. The predicted octanol–water partition coefficient (Wildman–Crippen LogP) is 3.62. The summed E-state index contributed by atoms with van der Waals surface area (Å²) in [5.74, 6) is 0. The number of benzene rings is 1. The van der Waals surface area contributed by atoms with Crippen molar-refractivity contribution in [1.82, 2.24) is 5.32 Å². The van der Waals surface area contributed by atoms with Crippen molar-refractivity contribution in [2.75, 3.05) is 11.9 Å². The van der Waals surface area contributed by atoms with Gasteiger partial charge in [0, 0.05) is 12.2 Å². The largest absolute Gasteiger partial charge is 0.338 e. The van der Waals surface area contributed by atoms with Crippen molar-refractivity contribution in [2.24, 2.45) is 0 Å². The third-order valence-corrected chi connectivity index (χ3v) is 2.55. The quantitative estimate of drug-likeness (QED) is 0.751. The predicted molar refractivity (Wildman–Crippen MR) is 72.5 cm³/mol. The Hall–Kier alpha value is -1.51. The lowest BCUT2D eigenvalue weighted by Gasteiger charge is -2.09. The zero-order valence-electron chi connectivity index (χ0n) is 11.0. The lowest BCUT2D eigenvalue weighted by molar-refractivity contribution is 0.252. The van der Waals surface area contributed by atoms with Crippen LogP contribution in [-0.2, 0) is 0 Å². The van der Waals surface area contributed by atoms with Gasteiger partial charge in [0.05, 0.1) is 0 Å². The van der Waals surface area contributed by atoms with Gasteiger partial charge in [0.15, 0.2) is 0 Å². The number of unbranched alkanes of at least 4 members (excludes halogenated alkanes) is 2. The zero-order valence-corrected chi connectivity index (χ0v) is 11.0. The molecule has 1 aromatic rings. The molecule has 2 amide bonds. The van der Waals surface area contributed by atoms with E-state index in [1.807, 2.05) is 26.0 Å². The molecule has 1 aromatic carbocycles. The second-order valence-electron chi connectivity index (χ2n) is 4.46. The van der Waals surface area contributed by atoms with E-state index in [4.69, 9.17) is 0 Å². The fourth-order valence-electron chi connectivity index (χ4n) is 1.80. The smallest absolute Gasteiger partial charge is 0.319 e. The molecular formula is C14H22N2O. The highest BCUT2D eigenvalue weighted by Crippen LogP contribution is 2.13. The van der Waals surface area contributed by atoms with E-state index < -0.39 is 0 Å². The highest BCUT2D eigenvalue weighted by molar-refractivity contribution is 5.89. The summed E-state index contributed by atoms with van der Waals surface area (Å²) < 4.78 is 0. The van der Waals surface area contributed by atoms with Crippen LogP contribution >= 0.6 is 0 Å². The molecule has 3 heteroatoms. The highest BCUT2D eigenvalue weighted by atomic mass is 16.2. The van der Waals surface area contributed by atoms with Gasteiger partial charge < -0.3 is 10.6 Å². The Morgan fingerprint density at radius 1 is 1.12 bits per heavy atom. The van der Waals surface area contributed by atoms with Crippen LogP contribution < -0.4 is 10.6 Å². The second kappa shape index (κ2) is 6.94. The Kier molecular flexibility index (Phi) is 5.53. The maximum Gasteiger partial charge on any atom is 0.319 e. The topological polar surface area (TPSA) is 41.1 Å². The number of rotatable bonds is 5. The van der Waals surface area contributed by atoms with E-state index in [-0.39, 0.29) is 6.03 Å². The Bertz CT molecular complexity index is 354. The molecular weight excluding hydrogens is 212 g/mol. The summed E-state index contributed by atoms with van der Waals surface area (Å²) in [6, 6.07) is 5.91. The first-order chi connectivity index (χ1) is 8.11. The van der Waals surface area contributed by atoms with E-state index in [0.717, 1.165) is 36.2 Å². The Labute approximate surface area is 104 Å². The number of aryl methyl sites for hydroxylation is 2. The number of nitrogens with one attached hydrogen (secondary N) is 2. The van der Waals surface area contributed by atoms with Crippen molar-refractivity contribution in [3.8, 4) is 0 Å². The maximum atomic E-state index is 11.6. The molecule has 0 saturated heterocycles. The summed E-state index contributed by atoms with van der Waals surface area (Å²) in [5.41, 5.74) is 3.17. The van der Waals surface area contributed by atoms with Crippen molar-refractivity contribution in [3.63, 3.8) is 0 Å². The van der Waals surface area contributed by atoms with E-state index in [2.05, 4.69) is 23.6 Å². The van der Waals surface area contributed by atoms with E-state index in [0.29, 0.717) is 0 Å². The number of carbonyl (C=O) groups excluding carboxylic acids is 1. The standard InChI is InChI=1S/C14H22N2O/c1-4-5-6-7-15-14(17)16-13-9-11(2)8-12(3)10-13/h8-10H,4-7H2,1-3H3,(H2,15,16,17). The number of hydrogen-bond donors (Lipinski definition) is 2. The number of hydrogen-bond acceptors (Lipinski definition) is 1. The summed E-state index contributed by atoms with van der Waals surface area (Å²) in [7, 11) is 0. The summed E-state index contributed by atoms with van der Waals surface area (Å²) in [6.45, 7) is 6.94. The SMILES string of the molecule is CCCCCNC(=O)Nc1cc(C)cc(C)c1. The zero-order chi connectivity index (χ0) is 12.7. The summed E-state index contributed by atoms with van der Waals surface area (Å²) >= 11 is 0. The lowest BCUT2D eigenvalue weighted by atomic mass is 10.1. The van der Waals surface area contributed by atoms with Gasteiger partial charge in [0.25, 0.3) is 0 Å². The summed E-state index contributed by atoms with van der Waals surface area (Å²) in [6.07, 6.45) is 3.36. The molecule has 0 heterocycles. The van der Waals surface area contributed by atoms with Gasteiger partial charge in [0.2, 0.25) is 0 Å². The number of urea groups is 1. The van der Waals surface area contributed by atoms with Crippen LogP contribution in [0, 0.1) is 13.8 Å². The van der Waals surface area contributed by atoms with Gasteiger partial charge >= 0.3 is 6.03 Å². The first-order valence-electron chi connectivity index (χ1n) is 6.25. The molecule has 94 valence electrons. The van der Waals surface area contributed by atoms with Crippen LogP contribution in [0.3, 0.4) is 0 Å². The van der Waals surface area contributed by atoms with Crippen molar-refractivity contribution in [3.05, 3.63) is 29.3 Å². The Morgan fingerprint density at radius 2 is 1.76 bits per heavy atom. The Morgan fingerprint density at radius 3 is 2.35 bits per heavy atom. The van der Waals surface area contributed by atoms with E-state index in [9.17, 15) is 4.79 Å². The molecule has 0 bridgehead atoms. The van der Waals surface area contributed by atoms with Crippen molar-refractivity contribution >= 4 is 11.7 Å². The molecule has 0 atom stereocenters. The van der Waals surface area contributed by atoms with Crippen molar-refractivity contribution in [2.45, 2.75) is 40.0 Å². The first kappa shape index (κ1) is 13.6. The van der Waals surface area contributed by atoms with Crippen LogP contribution in [0.4, 0.5) is 10.5 Å². The van der Waals surface area contributed by atoms with Gasteiger partial charge in [-0.2, -0.15) is 0 Å². The van der Waals surface area contributed by atoms with Crippen LogP contribution in [0.2, 0.25) is 0 Å². The first-order valence-corrected chi connectivity index (χ1v) is 6.25. The highest BCUT2D eigenvalue weighted by Gasteiger charge is 2.01. The molecule has 0 aliphatic carbocycles. The normalized spacial score (nSPS) is 10.1. The molecule has 0 aliphatic heterocycles. The van der Waals surface area contributed by atoms with Gasteiger partial charge in [-0.25, -0.2) is 4.79 Å². The molecule has 2 N–H and O–H groups in total. The van der Waals surface area contributed by atoms with Gasteiger partial charge in [-0.3, -0.25) is 0 Å². The molecule has 0 fully saturated rings. The second-order valence-corrected chi connectivity index (χ2v) is 4.46. The third-order valence-electron chi connectivity index (χ3n) is 2.55. The van der Waals surface area contributed by atoms with Crippen LogP contribution in [0.1, 0.15) is 37.3 Å². The minimum atomic E-state index is -0.119. The molecule has 0 spiro atoms. The molecule has 0 aliphatic rings. The molecule has 0 unspecified atom stereocenters. The molecule has 0 radical (unpaired) electrons. The van der Waals surface area contributed by atoms with Crippen LogP contribution in [0.15, 0.2) is 18.2 Å². The fraction of sp³-hybridized carbons (Fsp3) is 0.500. The van der Waals surface area contributed by atoms with E-state index in [1.165, 1.54) is 6.42 Å². The van der Waals surface area contributed by atoms with Crippen LogP contribution in [0.25, 0.3) is 0 Å². The molecule has 1 rings (SSSR count). The average molecular weight is 234 g/mol. The van der Waals surface area contributed by atoms with E-state index >= 15 is 0 Å².